The van der Waals surface area contributed by atoms with E-state index in [1.54, 1.807) is 24.3 Å². The summed E-state index contributed by atoms with van der Waals surface area (Å²) in [7, 11) is 0. The van der Waals surface area contributed by atoms with Crippen LogP contribution in [0.3, 0.4) is 0 Å². The van der Waals surface area contributed by atoms with Gasteiger partial charge in [0.25, 0.3) is 0 Å². The maximum absolute atomic E-state index is 13.4. The number of pyridine rings is 1. The van der Waals surface area contributed by atoms with Crippen LogP contribution in [-0.4, -0.2) is 51.7 Å². The number of benzene rings is 2. The zero-order valence-electron chi connectivity index (χ0n) is 18.7. The minimum Gasteiger partial charge on any atom is -0.485 e. The summed E-state index contributed by atoms with van der Waals surface area (Å²) in [6.45, 7) is 2.16. The first-order valence-corrected chi connectivity index (χ1v) is 11.2. The summed E-state index contributed by atoms with van der Waals surface area (Å²) in [6, 6.07) is 17.3. The number of fused-ring (bicyclic) bond motifs is 3. The van der Waals surface area contributed by atoms with Crippen molar-refractivity contribution in [2.75, 3.05) is 26.4 Å². The van der Waals surface area contributed by atoms with E-state index in [0.717, 1.165) is 17.4 Å². The van der Waals surface area contributed by atoms with Crippen molar-refractivity contribution in [1.82, 2.24) is 24.9 Å². The lowest BCUT2D eigenvalue weighted by Crippen LogP contribution is -2.34. The molecule has 0 fully saturated rings. The van der Waals surface area contributed by atoms with E-state index < -0.39 is 12.0 Å². The third-order valence-corrected chi connectivity index (χ3v) is 5.63. The molecule has 0 saturated heterocycles. The smallest absolute Gasteiger partial charge is 0.452 e. The molecule has 10 heteroatoms. The van der Waals surface area contributed by atoms with E-state index >= 15 is 0 Å². The van der Waals surface area contributed by atoms with Gasteiger partial charge in [-0.15, -0.1) is 10.2 Å². The van der Waals surface area contributed by atoms with Gasteiger partial charge in [0.05, 0.1) is 25.1 Å². The molecule has 5 rings (SSSR count). The molecule has 0 saturated carbocycles. The van der Waals surface area contributed by atoms with E-state index in [2.05, 4.69) is 32.7 Å². The summed E-state index contributed by atoms with van der Waals surface area (Å²) in [4.78, 5) is 0. The van der Waals surface area contributed by atoms with Gasteiger partial charge in [0.2, 0.25) is 5.82 Å². The largest absolute Gasteiger partial charge is 0.485 e. The van der Waals surface area contributed by atoms with Crippen molar-refractivity contribution in [2.45, 2.75) is 12.6 Å². The van der Waals surface area contributed by atoms with Gasteiger partial charge in [-0.1, -0.05) is 60.7 Å². The van der Waals surface area contributed by atoms with Crippen molar-refractivity contribution < 1.29 is 17.9 Å². The highest BCUT2D eigenvalue weighted by molar-refractivity contribution is 5.99. The molecule has 0 spiro atoms. The Bertz CT molecular complexity index is 1380. The number of hydrazone groups is 1. The lowest BCUT2D eigenvalue weighted by molar-refractivity contribution is -0.145. The Morgan fingerprint density at radius 2 is 1.74 bits per heavy atom. The molecule has 0 bridgehead atoms. The molecular weight excluding hydrogens is 457 g/mol. The standard InChI is InChI=1S/C25H23F3N6O/c26-25(27,28)24-31-30-23-21-11-5-4-10-20(21)22(15-34(23)24)35-16-19-9-6-14-33(32-19)17-29-13-12-18-7-2-1-3-8-18/h1-11,15,29H,12-14,16-17H2. The lowest BCUT2D eigenvalue weighted by Gasteiger charge is -2.22. The van der Waals surface area contributed by atoms with Crippen molar-refractivity contribution in [1.29, 1.82) is 0 Å². The Morgan fingerprint density at radius 3 is 2.54 bits per heavy atom. The second-order valence-electron chi connectivity index (χ2n) is 8.12. The number of hydrogen-bond donors (Lipinski definition) is 1. The first kappa shape index (κ1) is 22.9. The van der Waals surface area contributed by atoms with Gasteiger partial charge in [-0.3, -0.25) is 14.7 Å². The minimum absolute atomic E-state index is 0.107. The molecule has 2 aromatic heterocycles. The molecule has 1 aliphatic heterocycles. The van der Waals surface area contributed by atoms with E-state index in [0.29, 0.717) is 35.4 Å². The van der Waals surface area contributed by atoms with Crippen molar-refractivity contribution >= 4 is 22.1 Å². The number of ether oxygens (including phenoxy) is 1. The summed E-state index contributed by atoms with van der Waals surface area (Å²) in [5.41, 5.74) is 2.06. The SMILES string of the molecule is FC(F)(F)c1nnc2c3ccccc3c(OCC3=NN(CNCCc4ccccc4)CC=C3)cn12. The third kappa shape index (κ3) is 5.12. The zero-order valence-corrected chi connectivity index (χ0v) is 18.7. The van der Waals surface area contributed by atoms with E-state index in [4.69, 9.17) is 4.74 Å². The quantitative estimate of drug-likeness (QED) is 0.381. The number of aromatic nitrogens is 3. The van der Waals surface area contributed by atoms with Gasteiger partial charge in [-0.2, -0.15) is 18.3 Å². The van der Waals surface area contributed by atoms with Crippen molar-refractivity contribution in [3.05, 3.63) is 84.3 Å². The van der Waals surface area contributed by atoms with Crippen molar-refractivity contribution in [3.8, 4) is 5.75 Å². The molecule has 2 aromatic carbocycles. The van der Waals surface area contributed by atoms with Crippen LogP contribution in [0.2, 0.25) is 0 Å². The van der Waals surface area contributed by atoms with E-state index in [9.17, 15) is 13.2 Å². The fourth-order valence-corrected chi connectivity index (χ4v) is 3.97. The first-order valence-electron chi connectivity index (χ1n) is 11.2. The van der Waals surface area contributed by atoms with Crippen LogP contribution in [0.4, 0.5) is 13.2 Å². The number of nitrogens with one attached hydrogen (secondary N) is 1. The summed E-state index contributed by atoms with van der Waals surface area (Å²) < 4.78 is 47.2. The normalized spacial score (nSPS) is 14.0. The lowest BCUT2D eigenvalue weighted by atomic mass is 10.1. The molecule has 0 radical (unpaired) electrons. The molecule has 0 amide bonds. The molecule has 4 aromatic rings. The van der Waals surface area contributed by atoms with Crippen molar-refractivity contribution in [3.63, 3.8) is 0 Å². The average molecular weight is 480 g/mol. The minimum atomic E-state index is -4.64. The van der Waals surface area contributed by atoms with Gasteiger partial charge < -0.3 is 4.74 Å². The van der Waals surface area contributed by atoms with Gasteiger partial charge in [-0.05, 0) is 18.1 Å². The molecule has 7 nitrogen and oxygen atoms in total. The van der Waals surface area contributed by atoms with Crippen LogP contribution < -0.4 is 10.1 Å². The molecular formula is C25H23F3N6O. The number of halogens is 3. The van der Waals surface area contributed by atoms with Gasteiger partial charge in [0.15, 0.2) is 5.65 Å². The highest BCUT2D eigenvalue weighted by Gasteiger charge is 2.37. The summed E-state index contributed by atoms with van der Waals surface area (Å²) in [5.74, 6) is -0.793. The highest BCUT2D eigenvalue weighted by atomic mass is 19.4. The number of nitrogens with zero attached hydrogens (tertiary/aromatic N) is 5. The Morgan fingerprint density at radius 1 is 0.971 bits per heavy atom. The Labute approximate surface area is 199 Å². The Balaban J connectivity index is 1.28. The fraction of sp³-hybridized carbons (Fsp3) is 0.240. The monoisotopic (exact) mass is 480 g/mol. The molecule has 0 unspecified atom stereocenters. The van der Waals surface area contributed by atoms with Gasteiger partial charge in [0.1, 0.15) is 12.4 Å². The predicted molar refractivity (Wildman–Crippen MR) is 127 cm³/mol. The first-order chi connectivity index (χ1) is 17.0. The van der Waals surface area contributed by atoms with Crippen LogP contribution >= 0.6 is 0 Å². The molecule has 0 aliphatic carbocycles. The van der Waals surface area contributed by atoms with Gasteiger partial charge >= 0.3 is 6.18 Å². The molecule has 1 aliphatic rings. The van der Waals surface area contributed by atoms with Gasteiger partial charge in [0, 0.05) is 17.3 Å². The molecule has 35 heavy (non-hydrogen) atoms. The second-order valence-corrected chi connectivity index (χ2v) is 8.12. The summed E-state index contributed by atoms with van der Waals surface area (Å²) in [5, 5.41) is 18.2. The topological polar surface area (TPSA) is 67.1 Å². The third-order valence-electron chi connectivity index (χ3n) is 5.63. The molecule has 1 N–H and O–H groups in total. The maximum atomic E-state index is 13.4. The van der Waals surface area contributed by atoms with Crippen LogP contribution in [0.15, 0.2) is 78.0 Å². The van der Waals surface area contributed by atoms with Gasteiger partial charge in [-0.25, -0.2) is 0 Å². The second kappa shape index (κ2) is 9.75. The van der Waals surface area contributed by atoms with Crippen LogP contribution in [-0.2, 0) is 12.6 Å². The van der Waals surface area contributed by atoms with Crippen LogP contribution in [0, 0.1) is 0 Å². The molecule has 180 valence electrons. The molecule has 3 heterocycles. The van der Waals surface area contributed by atoms with Crippen LogP contribution in [0.1, 0.15) is 11.4 Å². The summed E-state index contributed by atoms with van der Waals surface area (Å²) >= 11 is 0. The zero-order chi connectivity index (χ0) is 24.3. The van der Waals surface area contributed by atoms with E-state index in [1.807, 2.05) is 35.4 Å². The number of rotatable bonds is 8. The Kier molecular flexibility index (Phi) is 6.37. The Hall–Kier alpha value is -3.92. The number of alkyl halides is 3. The van der Waals surface area contributed by atoms with E-state index in [1.165, 1.54) is 11.8 Å². The highest BCUT2D eigenvalue weighted by Crippen LogP contribution is 2.33. The average Bonchev–Trinajstić information content (AvgIpc) is 3.31. The number of hydrogen-bond acceptors (Lipinski definition) is 6. The summed E-state index contributed by atoms with van der Waals surface area (Å²) in [6.07, 6.45) is 1.41. The van der Waals surface area contributed by atoms with Crippen molar-refractivity contribution in [2.24, 2.45) is 5.10 Å². The predicted octanol–water partition coefficient (Wildman–Crippen LogP) is 4.30. The van der Waals surface area contributed by atoms with Crippen LogP contribution in [0.5, 0.6) is 5.75 Å². The fourth-order valence-electron chi connectivity index (χ4n) is 3.97. The maximum Gasteiger partial charge on any atom is 0.452 e. The molecule has 0 atom stereocenters. The van der Waals surface area contributed by atoms with E-state index in [-0.39, 0.29) is 12.3 Å². The van der Waals surface area contributed by atoms with Crippen LogP contribution in [0.25, 0.3) is 16.4 Å².